The lowest BCUT2D eigenvalue weighted by molar-refractivity contribution is 0.496. The van der Waals surface area contributed by atoms with Crippen molar-refractivity contribution in [2.75, 3.05) is 6.54 Å². The minimum atomic E-state index is -0.290. The van der Waals surface area contributed by atoms with Gasteiger partial charge >= 0.3 is 0 Å². The van der Waals surface area contributed by atoms with Crippen molar-refractivity contribution in [1.29, 1.82) is 0 Å². The second kappa shape index (κ2) is 6.95. The summed E-state index contributed by atoms with van der Waals surface area (Å²) in [5, 5.41) is 3.22. The van der Waals surface area contributed by atoms with Crippen LogP contribution in [0, 0.1) is 11.6 Å². The summed E-state index contributed by atoms with van der Waals surface area (Å²) < 4.78 is 28.5. The Morgan fingerprint density at radius 3 is 2.40 bits per heavy atom. The number of hydrogen-bond acceptors (Lipinski definition) is 1. The summed E-state index contributed by atoms with van der Waals surface area (Å²) in [6, 6.07) is 11.2. The second-order valence-electron chi connectivity index (χ2n) is 4.54. The van der Waals surface area contributed by atoms with Crippen LogP contribution in [0.15, 0.2) is 46.9 Å². The van der Waals surface area contributed by atoms with Gasteiger partial charge in [-0.2, -0.15) is 0 Å². The molecule has 1 N–H and O–H groups in total. The van der Waals surface area contributed by atoms with E-state index in [1.807, 2.05) is 6.92 Å². The number of rotatable bonds is 5. The fourth-order valence-electron chi connectivity index (χ4n) is 2.25. The van der Waals surface area contributed by atoms with Crippen LogP contribution >= 0.6 is 15.9 Å². The van der Waals surface area contributed by atoms with E-state index in [1.54, 1.807) is 30.3 Å². The largest absolute Gasteiger partial charge is 0.310 e. The van der Waals surface area contributed by atoms with Crippen LogP contribution in [-0.2, 0) is 6.42 Å². The zero-order valence-electron chi connectivity index (χ0n) is 11.2. The molecule has 2 aromatic rings. The number of likely N-dealkylation sites (N-methyl/N-ethyl adjacent to an activating group) is 1. The van der Waals surface area contributed by atoms with Crippen molar-refractivity contribution in [3.05, 3.63) is 69.7 Å². The van der Waals surface area contributed by atoms with E-state index in [0.717, 1.165) is 0 Å². The first-order valence-electron chi connectivity index (χ1n) is 6.54. The fraction of sp³-hybridized carbons (Fsp3) is 0.250. The van der Waals surface area contributed by atoms with Crippen molar-refractivity contribution in [2.24, 2.45) is 0 Å². The van der Waals surface area contributed by atoms with Crippen LogP contribution in [0.25, 0.3) is 0 Å². The molecule has 1 nitrogen and oxygen atoms in total. The average Bonchev–Trinajstić information content (AvgIpc) is 2.41. The summed E-state index contributed by atoms with van der Waals surface area (Å²) in [6.07, 6.45) is 0.403. The number of benzene rings is 2. The Labute approximate surface area is 126 Å². The normalized spacial score (nSPS) is 12.4. The number of halogens is 3. The van der Waals surface area contributed by atoms with Gasteiger partial charge in [-0.05, 0) is 36.7 Å². The predicted octanol–water partition coefficient (Wildman–Crippen LogP) is 4.62. The number of hydrogen-bond donors (Lipinski definition) is 1. The van der Waals surface area contributed by atoms with E-state index in [2.05, 4.69) is 21.2 Å². The summed E-state index contributed by atoms with van der Waals surface area (Å²) in [7, 11) is 0. The van der Waals surface area contributed by atoms with Crippen molar-refractivity contribution >= 4 is 15.9 Å². The van der Waals surface area contributed by atoms with Crippen molar-refractivity contribution in [2.45, 2.75) is 19.4 Å². The summed E-state index contributed by atoms with van der Waals surface area (Å²) in [6.45, 7) is 2.63. The Balaban J connectivity index is 2.35. The van der Waals surface area contributed by atoms with Crippen LogP contribution in [0.4, 0.5) is 8.78 Å². The average molecular weight is 340 g/mol. The topological polar surface area (TPSA) is 12.0 Å². The smallest absolute Gasteiger partial charge is 0.129 e. The lowest BCUT2D eigenvalue weighted by Gasteiger charge is -2.20. The Kier molecular flexibility index (Phi) is 5.26. The minimum Gasteiger partial charge on any atom is -0.310 e. The van der Waals surface area contributed by atoms with Gasteiger partial charge in [-0.25, -0.2) is 8.78 Å². The molecule has 0 aromatic heterocycles. The standard InChI is InChI=1S/C16H16BrF2N/c1-2-20-15(10-11-6-3-4-8-13(11)18)16-12(17)7-5-9-14(16)19/h3-9,15,20H,2,10H2,1H3. The van der Waals surface area contributed by atoms with Gasteiger partial charge in [0, 0.05) is 16.1 Å². The van der Waals surface area contributed by atoms with Crippen LogP contribution in [0.1, 0.15) is 24.1 Å². The highest BCUT2D eigenvalue weighted by molar-refractivity contribution is 9.10. The van der Waals surface area contributed by atoms with Gasteiger partial charge in [-0.1, -0.05) is 47.1 Å². The lowest BCUT2D eigenvalue weighted by atomic mass is 9.98. The monoisotopic (exact) mass is 339 g/mol. The van der Waals surface area contributed by atoms with E-state index in [-0.39, 0.29) is 17.7 Å². The van der Waals surface area contributed by atoms with Crippen LogP contribution < -0.4 is 5.32 Å². The number of nitrogens with one attached hydrogen (secondary N) is 1. The summed E-state index contributed by atoms with van der Waals surface area (Å²) >= 11 is 3.38. The minimum absolute atomic E-state index is 0.261. The third-order valence-electron chi connectivity index (χ3n) is 3.18. The van der Waals surface area contributed by atoms with Gasteiger partial charge in [0.2, 0.25) is 0 Å². The first-order valence-corrected chi connectivity index (χ1v) is 7.33. The highest BCUT2D eigenvalue weighted by atomic mass is 79.9. The Hall–Kier alpha value is -1.26. The van der Waals surface area contributed by atoms with E-state index in [4.69, 9.17) is 0 Å². The Morgan fingerprint density at radius 1 is 1.05 bits per heavy atom. The third-order valence-corrected chi connectivity index (χ3v) is 3.87. The van der Waals surface area contributed by atoms with Gasteiger partial charge in [-0.3, -0.25) is 0 Å². The maximum Gasteiger partial charge on any atom is 0.129 e. The maximum absolute atomic E-state index is 14.1. The summed E-state index contributed by atoms with van der Waals surface area (Å²) in [4.78, 5) is 0. The van der Waals surface area contributed by atoms with Gasteiger partial charge in [0.1, 0.15) is 11.6 Å². The van der Waals surface area contributed by atoms with Crippen LogP contribution in [0.5, 0.6) is 0 Å². The van der Waals surface area contributed by atoms with E-state index in [0.29, 0.717) is 28.6 Å². The van der Waals surface area contributed by atoms with Crippen LogP contribution in [0.3, 0.4) is 0 Å². The molecule has 2 aromatic carbocycles. The van der Waals surface area contributed by atoms with Gasteiger partial charge in [0.05, 0.1) is 0 Å². The van der Waals surface area contributed by atoms with Crippen LogP contribution in [0.2, 0.25) is 0 Å². The first-order chi connectivity index (χ1) is 9.63. The van der Waals surface area contributed by atoms with Gasteiger partial charge in [0.15, 0.2) is 0 Å². The maximum atomic E-state index is 14.1. The molecule has 0 fully saturated rings. The Morgan fingerprint density at radius 2 is 1.75 bits per heavy atom. The van der Waals surface area contributed by atoms with E-state index >= 15 is 0 Å². The zero-order chi connectivity index (χ0) is 14.5. The van der Waals surface area contributed by atoms with Gasteiger partial charge in [0.25, 0.3) is 0 Å². The van der Waals surface area contributed by atoms with E-state index in [1.165, 1.54) is 12.1 Å². The molecule has 0 aliphatic heterocycles. The molecule has 106 valence electrons. The summed E-state index contributed by atoms with van der Waals surface area (Å²) in [5.41, 5.74) is 1.12. The van der Waals surface area contributed by atoms with Crippen molar-refractivity contribution < 1.29 is 8.78 Å². The van der Waals surface area contributed by atoms with E-state index < -0.39 is 0 Å². The molecule has 1 unspecified atom stereocenters. The predicted molar refractivity (Wildman–Crippen MR) is 80.6 cm³/mol. The lowest BCUT2D eigenvalue weighted by Crippen LogP contribution is -2.24. The SMILES string of the molecule is CCNC(Cc1ccccc1F)c1c(F)cccc1Br. The molecule has 0 aliphatic carbocycles. The molecule has 0 spiro atoms. The van der Waals surface area contributed by atoms with Gasteiger partial charge in [-0.15, -0.1) is 0 Å². The van der Waals surface area contributed by atoms with Crippen molar-refractivity contribution in [3.63, 3.8) is 0 Å². The van der Waals surface area contributed by atoms with Crippen LogP contribution in [-0.4, -0.2) is 6.54 Å². The Bertz CT molecular complexity index is 566. The molecule has 0 heterocycles. The van der Waals surface area contributed by atoms with Crippen molar-refractivity contribution in [3.8, 4) is 0 Å². The molecule has 1 atom stereocenters. The first kappa shape index (κ1) is 15.1. The highest BCUT2D eigenvalue weighted by Gasteiger charge is 2.19. The quantitative estimate of drug-likeness (QED) is 0.837. The molecule has 0 aliphatic rings. The fourth-order valence-corrected chi connectivity index (χ4v) is 2.87. The molecular formula is C16H16BrF2N. The molecule has 4 heteroatoms. The molecule has 0 radical (unpaired) electrons. The zero-order valence-corrected chi connectivity index (χ0v) is 12.8. The third kappa shape index (κ3) is 3.44. The molecule has 0 saturated carbocycles. The molecular weight excluding hydrogens is 324 g/mol. The molecule has 0 saturated heterocycles. The molecule has 0 bridgehead atoms. The molecule has 2 rings (SSSR count). The second-order valence-corrected chi connectivity index (χ2v) is 5.40. The molecule has 0 amide bonds. The van der Waals surface area contributed by atoms with Crippen molar-refractivity contribution in [1.82, 2.24) is 5.32 Å². The molecule has 20 heavy (non-hydrogen) atoms. The van der Waals surface area contributed by atoms with Gasteiger partial charge < -0.3 is 5.32 Å². The summed E-state index contributed by atoms with van der Waals surface area (Å²) in [5.74, 6) is -0.551. The van der Waals surface area contributed by atoms with E-state index in [9.17, 15) is 8.78 Å². The highest BCUT2D eigenvalue weighted by Crippen LogP contribution is 2.29.